The molecule has 0 unspecified atom stereocenters. The normalized spacial score (nSPS) is 17.5. The van der Waals surface area contributed by atoms with E-state index >= 15 is 0 Å². The zero-order valence-corrected chi connectivity index (χ0v) is 13.7. The first-order valence-electron chi connectivity index (χ1n) is 8.20. The number of aromatic amines is 1. The lowest BCUT2D eigenvalue weighted by atomic mass is 10.1. The summed E-state index contributed by atoms with van der Waals surface area (Å²) >= 11 is 0. The summed E-state index contributed by atoms with van der Waals surface area (Å²) in [5.41, 5.74) is 0.377. The molecule has 120 valence electrons. The van der Waals surface area contributed by atoms with Crippen molar-refractivity contribution < 1.29 is 0 Å². The van der Waals surface area contributed by atoms with Gasteiger partial charge in [-0.25, -0.2) is 4.68 Å². The predicted octanol–water partition coefficient (Wildman–Crippen LogP) is 2.65. The highest BCUT2D eigenvalue weighted by Crippen LogP contribution is 2.21. The molecule has 1 fully saturated rings. The number of aromatic nitrogens is 4. The summed E-state index contributed by atoms with van der Waals surface area (Å²) in [6.45, 7) is 8.12. The minimum atomic E-state index is -0.198. The van der Waals surface area contributed by atoms with Crippen LogP contribution in [0.3, 0.4) is 0 Å². The molecule has 6 heteroatoms. The number of nitrogens with one attached hydrogen (secondary N) is 1. The first-order valence-corrected chi connectivity index (χ1v) is 8.20. The van der Waals surface area contributed by atoms with Gasteiger partial charge in [-0.05, 0) is 33.6 Å². The van der Waals surface area contributed by atoms with Gasteiger partial charge in [0, 0.05) is 13.1 Å². The molecular formula is C16H25N5O. The molecule has 0 bridgehead atoms. The summed E-state index contributed by atoms with van der Waals surface area (Å²) in [5, 5.41) is 4.92. The second-order valence-electron chi connectivity index (χ2n) is 7.11. The maximum Gasteiger partial charge on any atom is 0.263 e. The van der Waals surface area contributed by atoms with Gasteiger partial charge in [-0.15, -0.1) is 0 Å². The average Bonchev–Trinajstić information content (AvgIpc) is 2.82. The molecular weight excluding hydrogens is 278 g/mol. The van der Waals surface area contributed by atoms with Crippen LogP contribution in [0.1, 0.15) is 52.9 Å². The van der Waals surface area contributed by atoms with Crippen molar-refractivity contribution in [3.8, 4) is 0 Å². The third kappa shape index (κ3) is 2.87. The molecule has 6 nitrogen and oxygen atoms in total. The molecule has 1 saturated heterocycles. The molecule has 0 radical (unpaired) electrons. The van der Waals surface area contributed by atoms with Gasteiger partial charge in [0.25, 0.3) is 5.56 Å². The molecule has 0 amide bonds. The number of nitrogens with zero attached hydrogens (tertiary/aromatic N) is 4. The van der Waals surface area contributed by atoms with Crippen LogP contribution < -0.4 is 10.5 Å². The van der Waals surface area contributed by atoms with E-state index in [2.05, 4.69) is 35.8 Å². The van der Waals surface area contributed by atoms with Gasteiger partial charge in [0.1, 0.15) is 5.39 Å². The Morgan fingerprint density at radius 2 is 1.73 bits per heavy atom. The van der Waals surface area contributed by atoms with E-state index in [1.54, 1.807) is 6.20 Å². The van der Waals surface area contributed by atoms with E-state index in [-0.39, 0.29) is 11.1 Å². The van der Waals surface area contributed by atoms with E-state index in [4.69, 9.17) is 4.98 Å². The van der Waals surface area contributed by atoms with E-state index in [0.717, 1.165) is 25.9 Å². The van der Waals surface area contributed by atoms with Gasteiger partial charge in [-0.2, -0.15) is 10.1 Å². The van der Waals surface area contributed by atoms with Crippen LogP contribution in [-0.2, 0) is 5.54 Å². The number of rotatable bonds is 1. The van der Waals surface area contributed by atoms with Crippen LogP contribution in [0.25, 0.3) is 11.0 Å². The number of H-pyrrole nitrogens is 1. The maximum atomic E-state index is 12.4. The van der Waals surface area contributed by atoms with Crippen LogP contribution >= 0.6 is 0 Å². The van der Waals surface area contributed by atoms with Crippen molar-refractivity contribution in [2.24, 2.45) is 0 Å². The Labute approximate surface area is 130 Å². The molecule has 2 aromatic rings. The third-order valence-electron chi connectivity index (χ3n) is 4.22. The lowest BCUT2D eigenvalue weighted by Crippen LogP contribution is -2.31. The molecule has 0 aliphatic carbocycles. The quantitative estimate of drug-likeness (QED) is 0.879. The summed E-state index contributed by atoms with van der Waals surface area (Å²) in [4.78, 5) is 22.2. The highest BCUT2D eigenvalue weighted by molar-refractivity contribution is 5.74. The molecule has 3 rings (SSSR count). The lowest BCUT2D eigenvalue weighted by Gasteiger charge is -2.25. The van der Waals surface area contributed by atoms with Crippen molar-refractivity contribution in [1.82, 2.24) is 19.7 Å². The molecule has 0 atom stereocenters. The first kappa shape index (κ1) is 15.1. The van der Waals surface area contributed by atoms with Gasteiger partial charge >= 0.3 is 0 Å². The van der Waals surface area contributed by atoms with Crippen molar-refractivity contribution in [3.05, 3.63) is 16.6 Å². The highest BCUT2D eigenvalue weighted by Gasteiger charge is 2.21. The summed E-state index contributed by atoms with van der Waals surface area (Å²) in [5.74, 6) is 0.686. The number of anilines is 1. The topological polar surface area (TPSA) is 66.8 Å². The van der Waals surface area contributed by atoms with E-state index in [9.17, 15) is 4.79 Å². The van der Waals surface area contributed by atoms with Crippen molar-refractivity contribution in [3.63, 3.8) is 0 Å². The van der Waals surface area contributed by atoms with Gasteiger partial charge in [0.05, 0.1) is 11.7 Å². The van der Waals surface area contributed by atoms with E-state index in [0.29, 0.717) is 17.0 Å². The lowest BCUT2D eigenvalue weighted by molar-refractivity contribution is 0.366. The SMILES string of the molecule is CC(C)(C)n1ncc2c(=O)[nH]c(N3CCCCCCC3)nc21. The minimum absolute atomic E-state index is 0.0995. The smallest absolute Gasteiger partial charge is 0.263 e. The first-order chi connectivity index (χ1) is 10.5. The Hall–Kier alpha value is -1.85. The number of hydrogen-bond donors (Lipinski definition) is 1. The Bertz CT molecular complexity index is 701. The van der Waals surface area contributed by atoms with Crippen molar-refractivity contribution >= 4 is 17.0 Å². The van der Waals surface area contributed by atoms with Crippen LogP contribution in [0.4, 0.5) is 5.95 Å². The van der Waals surface area contributed by atoms with Crippen molar-refractivity contribution in [2.45, 2.75) is 58.4 Å². The van der Waals surface area contributed by atoms with Crippen LogP contribution in [0.5, 0.6) is 0 Å². The van der Waals surface area contributed by atoms with Crippen molar-refractivity contribution in [1.29, 1.82) is 0 Å². The van der Waals surface area contributed by atoms with Crippen LogP contribution in [0, 0.1) is 0 Å². The van der Waals surface area contributed by atoms with E-state index in [1.807, 2.05) is 4.68 Å². The molecule has 3 heterocycles. The third-order valence-corrected chi connectivity index (χ3v) is 4.22. The molecule has 0 saturated carbocycles. The van der Waals surface area contributed by atoms with Crippen LogP contribution in [0.15, 0.2) is 11.0 Å². The predicted molar refractivity (Wildman–Crippen MR) is 88.4 cm³/mol. The van der Waals surface area contributed by atoms with Crippen LogP contribution in [0.2, 0.25) is 0 Å². The highest BCUT2D eigenvalue weighted by atomic mass is 16.1. The second kappa shape index (κ2) is 5.74. The summed E-state index contributed by atoms with van der Waals surface area (Å²) in [7, 11) is 0. The fraction of sp³-hybridized carbons (Fsp3) is 0.688. The molecule has 22 heavy (non-hydrogen) atoms. The maximum absolute atomic E-state index is 12.4. The number of fused-ring (bicyclic) bond motifs is 1. The van der Waals surface area contributed by atoms with E-state index < -0.39 is 0 Å². The zero-order valence-electron chi connectivity index (χ0n) is 13.7. The second-order valence-corrected chi connectivity index (χ2v) is 7.11. The average molecular weight is 303 g/mol. The summed E-state index contributed by atoms with van der Waals surface area (Å²) in [6.07, 6.45) is 7.74. The molecule has 0 aromatic carbocycles. The molecule has 2 aromatic heterocycles. The largest absolute Gasteiger partial charge is 0.342 e. The van der Waals surface area contributed by atoms with E-state index in [1.165, 1.54) is 19.3 Å². The standard InChI is InChI=1S/C16H25N5O/c1-16(2,3)21-13-12(11-17-21)14(22)19-15(18-13)20-9-7-5-4-6-8-10-20/h11H,4-10H2,1-3H3,(H,18,19,22). The summed E-state index contributed by atoms with van der Waals surface area (Å²) in [6, 6.07) is 0. The Balaban J connectivity index is 2.04. The Morgan fingerprint density at radius 3 is 2.36 bits per heavy atom. The Kier molecular flexibility index (Phi) is 3.93. The Morgan fingerprint density at radius 1 is 1.09 bits per heavy atom. The minimum Gasteiger partial charge on any atom is -0.342 e. The molecule has 1 N–H and O–H groups in total. The fourth-order valence-electron chi connectivity index (χ4n) is 3.01. The van der Waals surface area contributed by atoms with Gasteiger partial charge in [0.15, 0.2) is 5.65 Å². The van der Waals surface area contributed by atoms with Gasteiger partial charge in [-0.3, -0.25) is 9.78 Å². The van der Waals surface area contributed by atoms with Gasteiger partial charge < -0.3 is 4.90 Å². The van der Waals surface area contributed by atoms with Gasteiger partial charge in [0.2, 0.25) is 5.95 Å². The molecule has 1 aliphatic rings. The number of hydrogen-bond acceptors (Lipinski definition) is 4. The molecule has 0 spiro atoms. The monoisotopic (exact) mass is 303 g/mol. The molecule has 1 aliphatic heterocycles. The van der Waals surface area contributed by atoms with Crippen LogP contribution in [-0.4, -0.2) is 32.8 Å². The summed E-state index contributed by atoms with van der Waals surface area (Å²) < 4.78 is 1.84. The zero-order chi connectivity index (χ0) is 15.7. The van der Waals surface area contributed by atoms with Crippen molar-refractivity contribution in [2.75, 3.05) is 18.0 Å². The fourth-order valence-corrected chi connectivity index (χ4v) is 3.01. The van der Waals surface area contributed by atoms with Gasteiger partial charge in [-0.1, -0.05) is 19.3 Å².